The standard InChI is InChI=1S/C13H15N3O3S2/c1-8-6-20-7-10(8)5-16-21(18,19)12-3-2-9(13(15)17)4-11(12)14/h2-4,6-7,16H,5,14H2,1H3,(H2,15,17). The number of anilines is 1. The van der Waals surface area contributed by atoms with Crippen molar-refractivity contribution >= 4 is 33.0 Å². The molecule has 112 valence electrons. The number of carbonyl (C=O) groups excluding carboxylic acids is 1. The number of benzene rings is 1. The molecule has 1 amide bonds. The van der Waals surface area contributed by atoms with Crippen molar-refractivity contribution in [1.29, 1.82) is 0 Å². The van der Waals surface area contributed by atoms with E-state index in [1.54, 1.807) is 0 Å². The Morgan fingerprint density at radius 3 is 2.57 bits per heavy atom. The summed E-state index contributed by atoms with van der Waals surface area (Å²) in [7, 11) is -3.75. The molecule has 0 aliphatic rings. The van der Waals surface area contributed by atoms with E-state index in [-0.39, 0.29) is 22.7 Å². The van der Waals surface area contributed by atoms with Gasteiger partial charge < -0.3 is 11.5 Å². The van der Waals surface area contributed by atoms with E-state index >= 15 is 0 Å². The summed E-state index contributed by atoms with van der Waals surface area (Å²) in [5.74, 6) is -0.660. The molecule has 0 fully saturated rings. The van der Waals surface area contributed by atoms with E-state index in [9.17, 15) is 13.2 Å². The summed E-state index contributed by atoms with van der Waals surface area (Å²) in [6, 6.07) is 3.87. The van der Waals surface area contributed by atoms with Gasteiger partial charge in [0.2, 0.25) is 15.9 Å². The summed E-state index contributed by atoms with van der Waals surface area (Å²) in [5, 5.41) is 3.83. The molecule has 0 saturated carbocycles. The second-order valence-corrected chi connectivity index (χ2v) is 7.00. The summed E-state index contributed by atoms with van der Waals surface area (Å²) in [6.07, 6.45) is 0. The molecule has 5 N–H and O–H groups in total. The largest absolute Gasteiger partial charge is 0.398 e. The number of primary amides is 1. The SMILES string of the molecule is Cc1cscc1CNS(=O)(=O)c1ccc(C(N)=O)cc1N. The minimum absolute atomic E-state index is 0.0131. The Morgan fingerprint density at radius 2 is 2.05 bits per heavy atom. The van der Waals surface area contributed by atoms with Crippen molar-refractivity contribution in [2.75, 3.05) is 5.73 Å². The van der Waals surface area contributed by atoms with Crippen LogP contribution in [0, 0.1) is 6.92 Å². The van der Waals surface area contributed by atoms with Crippen LogP contribution in [0.1, 0.15) is 21.5 Å². The Labute approximate surface area is 126 Å². The van der Waals surface area contributed by atoms with Crippen LogP contribution in [0.15, 0.2) is 33.9 Å². The van der Waals surface area contributed by atoms with Gasteiger partial charge in [0, 0.05) is 12.1 Å². The van der Waals surface area contributed by atoms with Crippen LogP contribution in [0.25, 0.3) is 0 Å². The summed E-state index contributed by atoms with van der Waals surface area (Å²) in [5.41, 5.74) is 12.9. The zero-order chi connectivity index (χ0) is 15.6. The molecule has 0 aliphatic heterocycles. The van der Waals surface area contributed by atoms with Gasteiger partial charge in [0.05, 0.1) is 5.69 Å². The molecule has 0 unspecified atom stereocenters. The zero-order valence-corrected chi connectivity index (χ0v) is 12.9. The van der Waals surface area contributed by atoms with Crippen molar-refractivity contribution < 1.29 is 13.2 Å². The van der Waals surface area contributed by atoms with Gasteiger partial charge in [0.15, 0.2) is 0 Å². The number of sulfonamides is 1. The molecule has 6 nitrogen and oxygen atoms in total. The lowest BCUT2D eigenvalue weighted by Gasteiger charge is -2.10. The average molecular weight is 325 g/mol. The van der Waals surface area contributed by atoms with Crippen molar-refractivity contribution in [3.8, 4) is 0 Å². The predicted octanol–water partition coefficient (Wildman–Crippen LogP) is 1.22. The number of aryl methyl sites for hydroxylation is 1. The number of nitrogen functional groups attached to an aromatic ring is 1. The monoisotopic (exact) mass is 325 g/mol. The van der Waals surface area contributed by atoms with E-state index in [1.807, 2.05) is 17.7 Å². The van der Waals surface area contributed by atoms with Crippen molar-refractivity contribution in [3.05, 3.63) is 45.6 Å². The summed E-state index contributed by atoms with van der Waals surface area (Å²) >= 11 is 1.51. The van der Waals surface area contributed by atoms with Crippen LogP contribution in [0.4, 0.5) is 5.69 Å². The Morgan fingerprint density at radius 1 is 1.33 bits per heavy atom. The summed E-state index contributed by atoms with van der Waals surface area (Å²) in [4.78, 5) is 11.0. The highest BCUT2D eigenvalue weighted by Crippen LogP contribution is 2.20. The van der Waals surface area contributed by atoms with Gasteiger partial charge in [0.25, 0.3) is 0 Å². The molecule has 1 aromatic carbocycles. The van der Waals surface area contributed by atoms with Crippen molar-refractivity contribution in [1.82, 2.24) is 4.72 Å². The lowest BCUT2D eigenvalue weighted by molar-refractivity contribution is 0.1000. The Bertz CT molecular complexity index is 782. The molecule has 1 aromatic heterocycles. The van der Waals surface area contributed by atoms with Crippen LogP contribution < -0.4 is 16.2 Å². The predicted molar refractivity (Wildman–Crippen MR) is 82.5 cm³/mol. The molecule has 21 heavy (non-hydrogen) atoms. The van der Waals surface area contributed by atoms with E-state index in [1.165, 1.54) is 29.5 Å². The maximum absolute atomic E-state index is 12.2. The third kappa shape index (κ3) is 3.41. The Hall–Kier alpha value is -1.90. The number of rotatable bonds is 5. The molecular weight excluding hydrogens is 310 g/mol. The van der Waals surface area contributed by atoms with E-state index in [0.717, 1.165) is 11.1 Å². The normalized spacial score (nSPS) is 11.5. The average Bonchev–Trinajstić information content (AvgIpc) is 2.81. The maximum Gasteiger partial charge on any atom is 0.248 e. The molecule has 0 spiro atoms. The first-order valence-corrected chi connectivity index (χ1v) is 8.44. The first kappa shape index (κ1) is 15.5. The minimum atomic E-state index is -3.75. The molecule has 8 heteroatoms. The van der Waals surface area contributed by atoms with Crippen molar-refractivity contribution in [2.45, 2.75) is 18.4 Å². The molecule has 1 heterocycles. The zero-order valence-electron chi connectivity index (χ0n) is 11.3. The van der Waals surface area contributed by atoms with Gasteiger partial charge in [-0.2, -0.15) is 11.3 Å². The number of nitrogens with one attached hydrogen (secondary N) is 1. The highest BCUT2D eigenvalue weighted by atomic mass is 32.2. The van der Waals surface area contributed by atoms with Gasteiger partial charge in [-0.1, -0.05) is 0 Å². The molecule has 0 aliphatic carbocycles. The van der Waals surface area contributed by atoms with Crippen LogP contribution in [0.3, 0.4) is 0 Å². The minimum Gasteiger partial charge on any atom is -0.398 e. The van der Waals surface area contributed by atoms with Gasteiger partial charge >= 0.3 is 0 Å². The van der Waals surface area contributed by atoms with Gasteiger partial charge in [-0.25, -0.2) is 13.1 Å². The second kappa shape index (κ2) is 5.84. The van der Waals surface area contributed by atoms with Gasteiger partial charge in [-0.05, 0) is 47.0 Å². The molecule has 0 radical (unpaired) electrons. The number of nitrogens with two attached hydrogens (primary N) is 2. The highest BCUT2D eigenvalue weighted by Gasteiger charge is 2.18. The molecule has 2 aromatic rings. The fraction of sp³-hybridized carbons (Fsp3) is 0.154. The van der Waals surface area contributed by atoms with E-state index in [4.69, 9.17) is 11.5 Å². The summed E-state index contributed by atoms with van der Waals surface area (Å²) in [6.45, 7) is 2.10. The quantitative estimate of drug-likeness (QED) is 0.717. The highest BCUT2D eigenvalue weighted by molar-refractivity contribution is 7.89. The lowest BCUT2D eigenvalue weighted by atomic mass is 10.2. The lowest BCUT2D eigenvalue weighted by Crippen LogP contribution is -2.24. The maximum atomic E-state index is 12.2. The topological polar surface area (TPSA) is 115 Å². The number of hydrogen-bond donors (Lipinski definition) is 3. The van der Waals surface area contributed by atoms with Crippen LogP contribution in [-0.4, -0.2) is 14.3 Å². The van der Waals surface area contributed by atoms with Crippen molar-refractivity contribution in [2.24, 2.45) is 5.73 Å². The Balaban J connectivity index is 2.23. The molecule has 2 rings (SSSR count). The summed E-state index contributed by atoms with van der Waals surface area (Å²) < 4.78 is 27.0. The number of hydrogen-bond acceptors (Lipinski definition) is 5. The third-order valence-electron chi connectivity index (χ3n) is 3.00. The van der Waals surface area contributed by atoms with Crippen LogP contribution in [-0.2, 0) is 16.6 Å². The van der Waals surface area contributed by atoms with E-state index < -0.39 is 15.9 Å². The third-order valence-corrected chi connectivity index (χ3v) is 5.38. The molecule has 0 bridgehead atoms. The molecule has 0 saturated heterocycles. The fourth-order valence-electron chi connectivity index (χ4n) is 1.76. The number of thiophene rings is 1. The van der Waals surface area contributed by atoms with Crippen LogP contribution >= 0.6 is 11.3 Å². The van der Waals surface area contributed by atoms with E-state index in [0.29, 0.717) is 0 Å². The van der Waals surface area contributed by atoms with Crippen LogP contribution in [0.5, 0.6) is 0 Å². The first-order valence-electron chi connectivity index (χ1n) is 6.02. The van der Waals surface area contributed by atoms with E-state index in [2.05, 4.69) is 4.72 Å². The van der Waals surface area contributed by atoms with Gasteiger partial charge in [-0.15, -0.1) is 0 Å². The van der Waals surface area contributed by atoms with Gasteiger partial charge in [-0.3, -0.25) is 4.79 Å². The molecular formula is C13H15N3O3S2. The Kier molecular flexibility index (Phi) is 4.31. The van der Waals surface area contributed by atoms with Crippen molar-refractivity contribution in [3.63, 3.8) is 0 Å². The number of carbonyl (C=O) groups is 1. The fourth-order valence-corrected chi connectivity index (χ4v) is 3.74. The number of amides is 1. The first-order chi connectivity index (χ1) is 9.81. The van der Waals surface area contributed by atoms with Crippen LogP contribution in [0.2, 0.25) is 0 Å². The molecule has 0 atom stereocenters. The van der Waals surface area contributed by atoms with Gasteiger partial charge in [0.1, 0.15) is 4.90 Å². The second-order valence-electron chi connectivity index (χ2n) is 4.52. The smallest absolute Gasteiger partial charge is 0.248 e.